The summed E-state index contributed by atoms with van der Waals surface area (Å²) in [5, 5.41) is 42.3. The number of aliphatic hydroxyl groups excluding tert-OH is 3. The number of hydrogen-bond donors (Lipinski definition) is 6. The van der Waals surface area contributed by atoms with Gasteiger partial charge in [-0.3, -0.25) is 0 Å². The van der Waals surface area contributed by atoms with Crippen molar-refractivity contribution in [2.24, 2.45) is 5.73 Å². The maximum atomic E-state index is 13.1. The lowest BCUT2D eigenvalue weighted by atomic mass is 9.70. The molecule has 148 valence electrons. The highest BCUT2D eigenvalue weighted by Crippen LogP contribution is 2.40. The van der Waals surface area contributed by atoms with E-state index >= 15 is 0 Å². The van der Waals surface area contributed by atoms with Crippen LogP contribution in [0.25, 0.3) is 0 Å². The van der Waals surface area contributed by atoms with Crippen LogP contribution in [0.1, 0.15) is 37.4 Å². The fourth-order valence-corrected chi connectivity index (χ4v) is 2.66. The van der Waals surface area contributed by atoms with Gasteiger partial charge in [0.15, 0.2) is 12.2 Å². The summed E-state index contributed by atoms with van der Waals surface area (Å²) in [6.45, 7) is 4.08. The number of halogens is 1. The van der Waals surface area contributed by atoms with Gasteiger partial charge in [-0.05, 0) is 35.1 Å². The van der Waals surface area contributed by atoms with Gasteiger partial charge in [-0.15, -0.1) is 0 Å². The predicted molar refractivity (Wildman–Crippen MR) is 87.9 cm³/mol. The number of nitrogens with two attached hydrogens (primary N) is 1. The Balaban J connectivity index is 0.000000504. The van der Waals surface area contributed by atoms with Crippen LogP contribution in [0, 0.1) is 5.82 Å². The van der Waals surface area contributed by atoms with Gasteiger partial charge in [-0.25, -0.2) is 14.0 Å². The molecule has 9 N–H and O–H groups in total. The highest BCUT2D eigenvalue weighted by Gasteiger charge is 2.36. The molecule has 1 aliphatic carbocycles. The Bertz CT molecular complexity index is 633. The molecule has 0 amide bonds. The van der Waals surface area contributed by atoms with Crippen LogP contribution in [0.5, 0.6) is 0 Å². The molecule has 0 radical (unpaired) electrons. The third-order valence-electron chi connectivity index (χ3n) is 4.04. The average Bonchev–Trinajstić information content (AvgIpc) is 2.51. The zero-order chi connectivity index (χ0) is 19.5. The topological polar surface area (TPSA) is 193 Å². The molecular weight excluding hydrogens is 353 g/mol. The molecule has 0 unspecified atom stereocenters. The van der Waals surface area contributed by atoms with Gasteiger partial charge in [-0.1, -0.05) is 19.9 Å². The smallest absolute Gasteiger partial charge is 0.335 e. The third kappa shape index (κ3) is 5.44. The van der Waals surface area contributed by atoms with Crippen LogP contribution in [0.15, 0.2) is 18.2 Å². The molecule has 0 heterocycles. The SMILES string of the molecule is CC1(C)C[C@@H](O)[C@H](N)c2cc(F)ccc21.O.O=C(O)[C@@H](O)[C@H](O)C(=O)O. The van der Waals surface area contributed by atoms with Gasteiger partial charge in [0.1, 0.15) is 5.82 Å². The lowest BCUT2D eigenvalue weighted by molar-refractivity contribution is -0.165. The van der Waals surface area contributed by atoms with E-state index in [4.69, 9.17) is 26.2 Å². The summed E-state index contributed by atoms with van der Waals surface area (Å²) in [6, 6.07) is 4.19. The summed E-state index contributed by atoms with van der Waals surface area (Å²) in [6.07, 6.45) is -4.50. The number of benzene rings is 1. The number of carboxylic acid groups (broad SMARTS) is 2. The Hall–Kier alpha value is -2.11. The molecule has 0 aromatic heterocycles. The molecule has 0 aliphatic heterocycles. The molecule has 0 spiro atoms. The quantitative estimate of drug-likeness (QED) is 0.383. The summed E-state index contributed by atoms with van der Waals surface area (Å²) >= 11 is 0. The molecule has 4 atom stereocenters. The predicted octanol–water partition coefficient (Wildman–Crippen LogP) is -1.08. The Labute approximate surface area is 148 Å². The van der Waals surface area contributed by atoms with Crippen molar-refractivity contribution < 1.29 is 45.0 Å². The van der Waals surface area contributed by atoms with E-state index in [2.05, 4.69) is 0 Å². The van der Waals surface area contributed by atoms with Crippen molar-refractivity contribution in [3.63, 3.8) is 0 Å². The lowest BCUT2D eigenvalue weighted by Crippen LogP contribution is -2.39. The molecule has 0 fully saturated rings. The maximum Gasteiger partial charge on any atom is 0.335 e. The standard InChI is InChI=1S/C12H16FNO.C4H6O6.H2O/c1-12(2)6-10(15)11(14)8-5-7(13)3-4-9(8)12;5-1(3(7)8)2(6)4(9)10;/h3-5,10-11,15H,6,14H2,1-2H3;1-2,5-6H,(H,7,8)(H,9,10);1H2/t10-,11-;1-,2-;/m10./s1. The minimum absolute atomic E-state index is 0. The van der Waals surface area contributed by atoms with E-state index in [1.54, 1.807) is 6.07 Å². The van der Waals surface area contributed by atoms with Crippen LogP contribution in [0.3, 0.4) is 0 Å². The number of carboxylic acids is 2. The van der Waals surface area contributed by atoms with E-state index in [0.29, 0.717) is 6.42 Å². The van der Waals surface area contributed by atoms with Crippen molar-refractivity contribution in [3.8, 4) is 0 Å². The molecular formula is C16H24FNO8. The number of fused-ring (bicyclic) bond motifs is 1. The number of aliphatic hydroxyl groups is 3. The molecule has 0 saturated heterocycles. The van der Waals surface area contributed by atoms with Crippen molar-refractivity contribution in [2.75, 3.05) is 0 Å². The highest BCUT2D eigenvalue weighted by molar-refractivity contribution is 5.83. The van der Waals surface area contributed by atoms with E-state index < -0.39 is 36.3 Å². The highest BCUT2D eigenvalue weighted by atomic mass is 19.1. The van der Waals surface area contributed by atoms with Crippen molar-refractivity contribution in [1.82, 2.24) is 0 Å². The second kappa shape index (κ2) is 9.01. The van der Waals surface area contributed by atoms with Crippen molar-refractivity contribution in [2.45, 2.75) is 50.0 Å². The van der Waals surface area contributed by atoms with E-state index in [0.717, 1.165) is 11.1 Å². The normalized spacial score (nSPS) is 22.6. The molecule has 10 heteroatoms. The summed E-state index contributed by atoms with van der Waals surface area (Å²) in [5.41, 5.74) is 7.50. The zero-order valence-corrected chi connectivity index (χ0v) is 14.3. The number of hydrogen-bond acceptors (Lipinski definition) is 6. The molecule has 26 heavy (non-hydrogen) atoms. The van der Waals surface area contributed by atoms with E-state index in [-0.39, 0.29) is 16.7 Å². The molecule has 0 saturated carbocycles. The second-order valence-corrected chi connectivity index (χ2v) is 6.48. The molecule has 2 rings (SSSR count). The monoisotopic (exact) mass is 377 g/mol. The maximum absolute atomic E-state index is 13.1. The van der Waals surface area contributed by atoms with E-state index in [1.165, 1.54) is 12.1 Å². The van der Waals surface area contributed by atoms with Crippen LogP contribution in [-0.2, 0) is 15.0 Å². The molecule has 1 aromatic rings. The average molecular weight is 377 g/mol. The summed E-state index contributed by atoms with van der Waals surface area (Å²) < 4.78 is 13.1. The molecule has 9 nitrogen and oxygen atoms in total. The van der Waals surface area contributed by atoms with Crippen LogP contribution >= 0.6 is 0 Å². The first-order valence-electron chi connectivity index (χ1n) is 7.43. The van der Waals surface area contributed by atoms with Crippen LogP contribution in [0.2, 0.25) is 0 Å². The Kier molecular flexibility index (Phi) is 8.28. The third-order valence-corrected chi connectivity index (χ3v) is 4.04. The van der Waals surface area contributed by atoms with Crippen molar-refractivity contribution >= 4 is 11.9 Å². The minimum Gasteiger partial charge on any atom is -0.479 e. The Morgan fingerprint density at radius 1 is 1.19 bits per heavy atom. The van der Waals surface area contributed by atoms with Gasteiger partial charge >= 0.3 is 11.9 Å². The van der Waals surface area contributed by atoms with Crippen LogP contribution < -0.4 is 5.73 Å². The minimum atomic E-state index is -2.27. The number of carbonyl (C=O) groups is 2. The Morgan fingerprint density at radius 3 is 2.08 bits per heavy atom. The van der Waals surface area contributed by atoms with Gasteiger partial charge < -0.3 is 36.7 Å². The van der Waals surface area contributed by atoms with Gasteiger partial charge in [0.2, 0.25) is 0 Å². The number of rotatable bonds is 3. The zero-order valence-electron chi connectivity index (χ0n) is 14.3. The van der Waals surface area contributed by atoms with Crippen LogP contribution in [-0.4, -0.2) is 61.3 Å². The molecule has 1 aliphatic rings. The first-order chi connectivity index (χ1) is 11.4. The van der Waals surface area contributed by atoms with E-state index in [9.17, 15) is 19.1 Å². The molecule has 0 bridgehead atoms. The van der Waals surface area contributed by atoms with Gasteiger partial charge in [0, 0.05) is 0 Å². The van der Waals surface area contributed by atoms with Crippen LogP contribution in [0.4, 0.5) is 4.39 Å². The summed E-state index contributed by atoms with van der Waals surface area (Å²) in [4.78, 5) is 19.5. The lowest BCUT2D eigenvalue weighted by Gasteiger charge is -2.38. The second-order valence-electron chi connectivity index (χ2n) is 6.48. The summed E-state index contributed by atoms with van der Waals surface area (Å²) in [5.74, 6) is -3.83. The molecule has 1 aromatic carbocycles. The van der Waals surface area contributed by atoms with Crippen molar-refractivity contribution in [3.05, 3.63) is 35.1 Å². The van der Waals surface area contributed by atoms with Crippen molar-refractivity contribution in [1.29, 1.82) is 0 Å². The van der Waals surface area contributed by atoms with Gasteiger partial charge in [0.25, 0.3) is 0 Å². The van der Waals surface area contributed by atoms with Gasteiger partial charge in [-0.2, -0.15) is 0 Å². The van der Waals surface area contributed by atoms with Gasteiger partial charge in [0.05, 0.1) is 12.1 Å². The first kappa shape index (κ1) is 23.9. The first-order valence-corrected chi connectivity index (χ1v) is 7.43. The fraction of sp³-hybridized carbons (Fsp3) is 0.500. The summed E-state index contributed by atoms with van der Waals surface area (Å²) in [7, 11) is 0. The Morgan fingerprint density at radius 2 is 1.65 bits per heavy atom. The fourth-order valence-electron chi connectivity index (χ4n) is 2.66. The largest absolute Gasteiger partial charge is 0.479 e. The van der Waals surface area contributed by atoms with E-state index in [1.807, 2.05) is 13.8 Å². The number of aliphatic carboxylic acids is 2.